The topological polar surface area (TPSA) is 143 Å². The summed E-state index contributed by atoms with van der Waals surface area (Å²) in [4.78, 5) is 47.2. The summed E-state index contributed by atoms with van der Waals surface area (Å²) < 4.78 is 4.82. The maximum atomic E-state index is 13.2. The largest absolute Gasteiger partial charge is 0.508 e. The number of amides is 2. The third-order valence-corrected chi connectivity index (χ3v) is 7.00. The number of benzene rings is 2. The zero-order valence-electron chi connectivity index (χ0n) is 22.2. The first-order chi connectivity index (χ1) is 19.3. The number of phenolic OH excluding ortho intramolecular Hbond substituents is 1. The highest BCUT2D eigenvalue weighted by atomic mass is 32.1. The van der Waals surface area contributed by atoms with Gasteiger partial charge in [-0.25, -0.2) is 14.8 Å². The van der Waals surface area contributed by atoms with Crippen LogP contribution in [0, 0.1) is 13.8 Å². The van der Waals surface area contributed by atoms with E-state index < -0.39 is 17.9 Å². The molecular weight excluding hydrogens is 530 g/mol. The summed E-state index contributed by atoms with van der Waals surface area (Å²) >= 11 is 1.27. The second-order valence-electron chi connectivity index (χ2n) is 8.89. The van der Waals surface area contributed by atoms with Gasteiger partial charge in [0.05, 0.1) is 28.9 Å². The van der Waals surface area contributed by atoms with Crippen LogP contribution in [0.15, 0.2) is 66.0 Å². The molecule has 40 heavy (non-hydrogen) atoms. The van der Waals surface area contributed by atoms with Crippen LogP contribution in [-0.4, -0.2) is 52.6 Å². The Morgan fingerprint density at radius 3 is 2.30 bits per heavy atom. The summed E-state index contributed by atoms with van der Waals surface area (Å²) in [6.07, 6.45) is 0. The monoisotopic (exact) mass is 559 g/mol. The highest BCUT2D eigenvalue weighted by Crippen LogP contribution is 2.26. The number of rotatable bonds is 10. The molecule has 2 aromatic carbocycles. The number of nitrogens with zero attached hydrogens (tertiary/aromatic N) is 2. The molecule has 10 nitrogen and oxygen atoms in total. The van der Waals surface area contributed by atoms with Crippen LogP contribution >= 0.6 is 11.3 Å². The molecule has 11 heteroatoms. The highest BCUT2D eigenvalue weighted by molar-refractivity contribution is 7.12. The molecule has 0 aliphatic rings. The van der Waals surface area contributed by atoms with Gasteiger partial charge in [-0.1, -0.05) is 42.5 Å². The molecule has 0 aliphatic heterocycles. The number of phenols is 1. The Kier molecular flexibility index (Phi) is 9.07. The second-order valence-corrected chi connectivity index (χ2v) is 9.83. The van der Waals surface area contributed by atoms with Gasteiger partial charge in [-0.05, 0) is 54.1 Å². The Hall–Kier alpha value is -4.77. The molecule has 4 N–H and O–H groups in total. The maximum absolute atomic E-state index is 13.2. The van der Waals surface area contributed by atoms with Crippen LogP contribution in [0.1, 0.15) is 37.0 Å². The Balaban J connectivity index is 1.45. The SMILES string of the molecule is COC(=O)[C@H](CNC(=O)c1cccs1)NC(=O)c1c(C)nc(NCc2ccccc2-c2ccc(O)cc2)nc1C. The summed E-state index contributed by atoms with van der Waals surface area (Å²) in [6.45, 7) is 3.65. The predicted molar refractivity (Wildman–Crippen MR) is 152 cm³/mol. The quantitative estimate of drug-likeness (QED) is 0.215. The van der Waals surface area contributed by atoms with E-state index in [0.717, 1.165) is 16.7 Å². The second kappa shape index (κ2) is 12.9. The first kappa shape index (κ1) is 28.2. The predicted octanol–water partition coefficient (Wildman–Crippen LogP) is 3.84. The lowest BCUT2D eigenvalue weighted by atomic mass is 9.99. The molecule has 4 aromatic rings. The van der Waals surface area contributed by atoms with E-state index in [1.54, 1.807) is 43.5 Å². The molecular formula is C29H29N5O5S. The van der Waals surface area contributed by atoms with Crippen LogP contribution in [0.4, 0.5) is 5.95 Å². The van der Waals surface area contributed by atoms with Gasteiger partial charge in [-0.15, -0.1) is 11.3 Å². The van der Waals surface area contributed by atoms with E-state index >= 15 is 0 Å². The number of carbonyl (C=O) groups is 3. The summed E-state index contributed by atoms with van der Waals surface area (Å²) in [6, 6.07) is 17.2. The molecule has 0 saturated heterocycles. The molecule has 4 rings (SSSR count). The molecule has 2 amide bonds. The third kappa shape index (κ3) is 6.80. The van der Waals surface area contributed by atoms with Gasteiger partial charge in [0.1, 0.15) is 11.8 Å². The third-order valence-electron chi connectivity index (χ3n) is 6.13. The van der Waals surface area contributed by atoms with Crippen molar-refractivity contribution >= 4 is 35.1 Å². The van der Waals surface area contributed by atoms with E-state index in [1.807, 2.05) is 36.4 Å². The van der Waals surface area contributed by atoms with E-state index in [1.165, 1.54) is 18.4 Å². The normalized spacial score (nSPS) is 11.4. The number of aromatic hydroxyl groups is 1. The standard InChI is InChI=1S/C29H29N5O5S/c1-17-25(27(37)34-23(28(38)39-3)16-30-26(36)24-9-6-14-40-24)18(2)33-29(32-17)31-15-20-7-4-5-8-22(20)19-10-12-21(35)13-11-19/h4-14,23,35H,15-16H2,1-3H3,(H,30,36)(H,34,37)(H,31,32,33)/t23-/m0/s1. The molecule has 206 valence electrons. The molecule has 0 saturated carbocycles. The molecule has 0 bridgehead atoms. The number of methoxy groups -OCH3 is 1. The van der Waals surface area contributed by atoms with Crippen molar-refractivity contribution in [3.8, 4) is 16.9 Å². The number of anilines is 1. The number of aryl methyl sites for hydroxylation is 2. The maximum Gasteiger partial charge on any atom is 0.330 e. The average molecular weight is 560 g/mol. The van der Waals surface area contributed by atoms with Gasteiger partial charge in [0.2, 0.25) is 5.95 Å². The van der Waals surface area contributed by atoms with Crippen LogP contribution < -0.4 is 16.0 Å². The van der Waals surface area contributed by atoms with Gasteiger partial charge in [-0.2, -0.15) is 0 Å². The smallest absolute Gasteiger partial charge is 0.330 e. The van der Waals surface area contributed by atoms with Crippen molar-refractivity contribution in [3.63, 3.8) is 0 Å². The molecule has 1 atom stereocenters. The number of esters is 1. The first-order valence-electron chi connectivity index (χ1n) is 12.4. The zero-order chi connectivity index (χ0) is 28.6. The van der Waals surface area contributed by atoms with Crippen LogP contribution in [0.5, 0.6) is 5.75 Å². The molecule has 0 spiro atoms. The van der Waals surface area contributed by atoms with Crippen molar-refractivity contribution in [2.24, 2.45) is 0 Å². The van der Waals surface area contributed by atoms with Crippen LogP contribution in [-0.2, 0) is 16.1 Å². The van der Waals surface area contributed by atoms with Gasteiger partial charge in [0, 0.05) is 13.1 Å². The number of nitrogens with one attached hydrogen (secondary N) is 3. The molecule has 2 aromatic heterocycles. The van der Waals surface area contributed by atoms with Gasteiger partial charge in [0.15, 0.2) is 0 Å². The summed E-state index contributed by atoms with van der Waals surface area (Å²) in [5.74, 6) is -1.05. The number of hydrogen-bond donors (Lipinski definition) is 4. The Morgan fingerprint density at radius 2 is 1.65 bits per heavy atom. The van der Waals surface area contributed by atoms with Crippen LogP contribution in [0.3, 0.4) is 0 Å². The number of hydrogen-bond acceptors (Lipinski definition) is 9. The van der Waals surface area contributed by atoms with Crippen molar-refractivity contribution < 1.29 is 24.2 Å². The van der Waals surface area contributed by atoms with Crippen molar-refractivity contribution in [1.29, 1.82) is 0 Å². The Bertz CT molecular complexity index is 1480. The summed E-state index contributed by atoms with van der Waals surface area (Å²) in [5.41, 5.74) is 4.03. The Morgan fingerprint density at radius 1 is 0.950 bits per heavy atom. The van der Waals surface area contributed by atoms with E-state index in [-0.39, 0.29) is 23.8 Å². The van der Waals surface area contributed by atoms with Crippen molar-refractivity contribution in [3.05, 3.63) is 93.4 Å². The van der Waals surface area contributed by atoms with Crippen LogP contribution in [0.25, 0.3) is 11.1 Å². The van der Waals surface area contributed by atoms with E-state index in [0.29, 0.717) is 28.8 Å². The lowest BCUT2D eigenvalue weighted by molar-refractivity contribution is -0.142. The van der Waals surface area contributed by atoms with Gasteiger partial charge in [0.25, 0.3) is 11.8 Å². The molecule has 2 heterocycles. The van der Waals surface area contributed by atoms with Gasteiger partial charge in [-0.3, -0.25) is 9.59 Å². The number of thiophene rings is 1. The van der Waals surface area contributed by atoms with E-state index in [9.17, 15) is 19.5 Å². The highest BCUT2D eigenvalue weighted by Gasteiger charge is 2.26. The minimum absolute atomic E-state index is 0.145. The lowest BCUT2D eigenvalue weighted by Gasteiger charge is -2.18. The van der Waals surface area contributed by atoms with Crippen LogP contribution in [0.2, 0.25) is 0 Å². The van der Waals surface area contributed by atoms with Gasteiger partial charge < -0.3 is 25.8 Å². The fourth-order valence-electron chi connectivity index (χ4n) is 4.15. The summed E-state index contributed by atoms with van der Waals surface area (Å²) in [5, 5.41) is 19.9. The van der Waals surface area contributed by atoms with E-state index in [4.69, 9.17) is 4.74 Å². The van der Waals surface area contributed by atoms with Crippen molar-refractivity contribution in [1.82, 2.24) is 20.6 Å². The number of ether oxygens (including phenoxy) is 1. The molecule has 0 fully saturated rings. The minimum atomic E-state index is -1.10. The van der Waals surface area contributed by atoms with Crippen molar-refractivity contribution in [2.75, 3.05) is 19.0 Å². The van der Waals surface area contributed by atoms with Crippen molar-refractivity contribution in [2.45, 2.75) is 26.4 Å². The first-order valence-corrected chi connectivity index (χ1v) is 13.3. The number of carbonyl (C=O) groups excluding carboxylic acids is 3. The molecule has 0 unspecified atom stereocenters. The van der Waals surface area contributed by atoms with Gasteiger partial charge >= 0.3 is 5.97 Å². The lowest BCUT2D eigenvalue weighted by Crippen LogP contribution is -2.49. The fourth-order valence-corrected chi connectivity index (χ4v) is 4.79. The Labute approximate surface area is 235 Å². The fraction of sp³-hybridized carbons (Fsp3) is 0.207. The minimum Gasteiger partial charge on any atom is -0.508 e. The van der Waals surface area contributed by atoms with E-state index in [2.05, 4.69) is 25.9 Å². The molecule has 0 aliphatic carbocycles. The number of aromatic nitrogens is 2. The summed E-state index contributed by atoms with van der Waals surface area (Å²) in [7, 11) is 1.21. The average Bonchev–Trinajstić information content (AvgIpc) is 3.49. The zero-order valence-corrected chi connectivity index (χ0v) is 23.0. The molecule has 0 radical (unpaired) electrons.